The van der Waals surface area contributed by atoms with Gasteiger partial charge in [-0.3, -0.25) is 0 Å². The molecule has 0 amide bonds. The molecule has 2 aromatic rings. The summed E-state index contributed by atoms with van der Waals surface area (Å²) in [6.45, 7) is 1.80. The molecule has 0 bridgehead atoms. The fourth-order valence-corrected chi connectivity index (χ4v) is 3.10. The molecule has 0 aliphatic carbocycles. The number of aliphatic hydroxyl groups excluding tert-OH is 1. The molecule has 2 rings (SSSR count). The standard InChI is InChI=1S/C15H15ClO5S/c1-2-20-14-9-11(10-17)8-13(16)15(14)21-22(18,19)12-6-4-3-5-7-12/h3-9,17H,2,10H2,1H3. The molecule has 0 atom stereocenters. The minimum absolute atomic E-state index is 0.0137. The molecule has 0 radical (unpaired) electrons. The van der Waals surface area contributed by atoms with Gasteiger partial charge in [0, 0.05) is 0 Å². The molecule has 0 saturated heterocycles. The zero-order valence-corrected chi connectivity index (χ0v) is 13.4. The maximum absolute atomic E-state index is 12.3. The average Bonchev–Trinajstić information content (AvgIpc) is 2.51. The molecule has 0 fully saturated rings. The third-order valence-corrected chi connectivity index (χ3v) is 4.29. The molecule has 22 heavy (non-hydrogen) atoms. The summed E-state index contributed by atoms with van der Waals surface area (Å²) in [6, 6.07) is 10.7. The van der Waals surface area contributed by atoms with Crippen molar-refractivity contribution in [2.45, 2.75) is 18.4 Å². The lowest BCUT2D eigenvalue weighted by Gasteiger charge is -2.14. The first kappa shape index (κ1) is 16.6. The van der Waals surface area contributed by atoms with E-state index in [1.807, 2.05) is 0 Å². The van der Waals surface area contributed by atoms with Crippen molar-refractivity contribution < 1.29 is 22.4 Å². The van der Waals surface area contributed by atoms with Crippen molar-refractivity contribution >= 4 is 21.7 Å². The molecule has 0 spiro atoms. The number of benzene rings is 2. The molecule has 0 unspecified atom stereocenters. The Labute approximate surface area is 134 Å². The summed E-state index contributed by atoms with van der Waals surface area (Å²) in [5.41, 5.74) is 0.498. The first-order chi connectivity index (χ1) is 10.5. The number of aliphatic hydroxyl groups is 1. The lowest BCUT2D eigenvalue weighted by Crippen LogP contribution is -2.11. The van der Waals surface area contributed by atoms with Crippen LogP contribution in [0, 0.1) is 0 Å². The molecule has 0 saturated carbocycles. The van der Waals surface area contributed by atoms with Crippen molar-refractivity contribution in [3.8, 4) is 11.5 Å². The molecule has 5 nitrogen and oxygen atoms in total. The molecular formula is C15H15ClO5S. The van der Waals surface area contributed by atoms with E-state index in [2.05, 4.69) is 0 Å². The predicted molar refractivity (Wildman–Crippen MR) is 82.8 cm³/mol. The maximum Gasteiger partial charge on any atom is 0.339 e. The Kier molecular flexibility index (Phi) is 5.28. The highest BCUT2D eigenvalue weighted by atomic mass is 35.5. The van der Waals surface area contributed by atoms with Crippen LogP contribution in [-0.2, 0) is 16.7 Å². The van der Waals surface area contributed by atoms with Gasteiger partial charge in [0.05, 0.1) is 18.2 Å². The van der Waals surface area contributed by atoms with Gasteiger partial charge < -0.3 is 14.0 Å². The van der Waals surface area contributed by atoms with Gasteiger partial charge in [0.2, 0.25) is 5.75 Å². The summed E-state index contributed by atoms with van der Waals surface area (Å²) in [5, 5.41) is 9.23. The highest BCUT2D eigenvalue weighted by Crippen LogP contribution is 2.38. The second-order valence-electron chi connectivity index (χ2n) is 4.35. The maximum atomic E-state index is 12.3. The zero-order valence-electron chi connectivity index (χ0n) is 11.8. The topological polar surface area (TPSA) is 72.8 Å². The van der Waals surface area contributed by atoms with E-state index in [-0.39, 0.29) is 28.0 Å². The molecule has 0 aliphatic heterocycles. The Hall–Kier alpha value is -1.76. The molecule has 0 aliphatic rings. The van der Waals surface area contributed by atoms with Crippen LogP contribution in [-0.4, -0.2) is 20.1 Å². The molecular weight excluding hydrogens is 328 g/mol. The smallest absolute Gasteiger partial charge is 0.339 e. The monoisotopic (exact) mass is 342 g/mol. The van der Waals surface area contributed by atoms with E-state index in [0.717, 1.165) is 0 Å². The first-order valence-electron chi connectivity index (χ1n) is 6.53. The van der Waals surface area contributed by atoms with Crippen molar-refractivity contribution in [1.82, 2.24) is 0 Å². The number of hydrogen-bond acceptors (Lipinski definition) is 5. The summed E-state index contributed by atoms with van der Waals surface area (Å²) in [5.74, 6) is 0.0723. The van der Waals surface area contributed by atoms with Crippen LogP contribution in [0.15, 0.2) is 47.4 Å². The van der Waals surface area contributed by atoms with Crippen molar-refractivity contribution in [3.05, 3.63) is 53.1 Å². The van der Waals surface area contributed by atoms with E-state index in [4.69, 9.17) is 20.5 Å². The van der Waals surface area contributed by atoms with E-state index in [9.17, 15) is 13.5 Å². The second-order valence-corrected chi connectivity index (χ2v) is 6.30. The van der Waals surface area contributed by atoms with Crippen molar-refractivity contribution in [3.63, 3.8) is 0 Å². The largest absolute Gasteiger partial charge is 0.490 e. The number of rotatable bonds is 6. The summed E-state index contributed by atoms with van der Waals surface area (Å²) >= 11 is 6.06. The number of halogens is 1. The predicted octanol–water partition coefficient (Wildman–Crippen LogP) is 3.00. The van der Waals surface area contributed by atoms with E-state index < -0.39 is 10.1 Å². The molecule has 2 aromatic carbocycles. The molecule has 0 heterocycles. The minimum atomic E-state index is -4.02. The van der Waals surface area contributed by atoms with Gasteiger partial charge >= 0.3 is 10.1 Å². The summed E-state index contributed by atoms with van der Waals surface area (Å²) in [7, 11) is -4.02. The Morgan fingerprint density at radius 3 is 2.45 bits per heavy atom. The highest BCUT2D eigenvalue weighted by Gasteiger charge is 2.22. The van der Waals surface area contributed by atoms with Crippen LogP contribution < -0.4 is 8.92 Å². The molecule has 1 N–H and O–H groups in total. The Bertz CT molecular complexity index is 744. The Balaban J connectivity index is 2.44. The fourth-order valence-electron chi connectivity index (χ4n) is 1.80. The van der Waals surface area contributed by atoms with Crippen LogP contribution in [0.25, 0.3) is 0 Å². The summed E-state index contributed by atoms with van der Waals surface area (Å²) in [4.78, 5) is 0.0137. The van der Waals surface area contributed by atoms with E-state index >= 15 is 0 Å². The Morgan fingerprint density at radius 2 is 1.86 bits per heavy atom. The van der Waals surface area contributed by atoms with Crippen LogP contribution in [0.3, 0.4) is 0 Å². The van der Waals surface area contributed by atoms with Gasteiger partial charge in [0.15, 0.2) is 5.75 Å². The van der Waals surface area contributed by atoms with E-state index in [1.165, 1.54) is 24.3 Å². The molecule has 118 valence electrons. The second kappa shape index (κ2) is 7.00. The zero-order chi connectivity index (χ0) is 16.2. The van der Waals surface area contributed by atoms with Gasteiger partial charge in [0.1, 0.15) is 4.90 Å². The van der Waals surface area contributed by atoms with Gasteiger partial charge in [-0.15, -0.1) is 0 Å². The van der Waals surface area contributed by atoms with Crippen LogP contribution in [0.1, 0.15) is 12.5 Å². The number of ether oxygens (including phenoxy) is 1. The normalized spacial score (nSPS) is 11.2. The van der Waals surface area contributed by atoms with Gasteiger partial charge in [-0.2, -0.15) is 8.42 Å². The average molecular weight is 343 g/mol. The molecule has 0 aromatic heterocycles. The summed E-state index contributed by atoms with van der Waals surface area (Å²) in [6.07, 6.45) is 0. The third-order valence-electron chi connectivity index (χ3n) is 2.78. The van der Waals surface area contributed by atoms with E-state index in [0.29, 0.717) is 12.2 Å². The molecule has 7 heteroatoms. The first-order valence-corrected chi connectivity index (χ1v) is 8.32. The van der Waals surface area contributed by atoms with Gasteiger partial charge in [-0.25, -0.2) is 0 Å². The Morgan fingerprint density at radius 1 is 1.18 bits per heavy atom. The van der Waals surface area contributed by atoms with Gasteiger partial charge in [-0.1, -0.05) is 29.8 Å². The quantitative estimate of drug-likeness (QED) is 0.817. The lowest BCUT2D eigenvalue weighted by molar-refractivity contribution is 0.279. The van der Waals surface area contributed by atoms with E-state index in [1.54, 1.807) is 25.1 Å². The minimum Gasteiger partial charge on any atom is -0.490 e. The number of hydrogen-bond donors (Lipinski definition) is 1. The lowest BCUT2D eigenvalue weighted by atomic mass is 10.2. The van der Waals surface area contributed by atoms with Crippen molar-refractivity contribution in [2.75, 3.05) is 6.61 Å². The van der Waals surface area contributed by atoms with Crippen LogP contribution in [0.5, 0.6) is 11.5 Å². The van der Waals surface area contributed by atoms with Gasteiger partial charge in [0.25, 0.3) is 0 Å². The van der Waals surface area contributed by atoms with Crippen LogP contribution in [0.2, 0.25) is 5.02 Å². The SMILES string of the molecule is CCOc1cc(CO)cc(Cl)c1OS(=O)(=O)c1ccccc1. The highest BCUT2D eigenvalue weighted by molar-refractivity contribution is 7.87. The summed E-state index contributed by atoms with van der Waals surface area (Å²) < 4.78 is 35.1. The van der Waals surface area contributed by atoms with Crippen LogP contribution >= 0.6 is 11.6 Å². The van der Waals surface area contributed by atoms with Gasteiger partial charge in [-0.05, 0) is 36.8 Å². The third kappa shape index (κ3) is 3.71. The van der Waals surface area contributed by atoms with Crippen molar-refractivity contribution in [1.29, 1.82) is 0 Å². The van der Waals surface area contributed by atoms with Crippen molar-refractivity contribution in [2.24, 2.45) is 0 Å². The fraction of sp³-hybridized carbons (Fsp3) is 0.200. The van der Waals surface area contributed by atoms with Crippen LogP contribution in [0.4, 0.5) is 0 Å².